The molecule has 0 aliphatic rings. The van der Waals surface area contributed by atoms with Gasteiger partial charge in [-0.3, -0.25) is 9.59 Å². The van der Waals surface area contributed by atoms with E-state index >= 15 is 0 Å². The zero-order chi connectivity index (χ0) is 18.1. The van der Waals surface area contributed by atoms with Crippen LogP contribution in [0.4, 0.5) is 5.69 Å². The summed E-state index contributed by atoms with van der Waals surface area (Å²) < 4.78 is 10.9. The summed E-state index contributed by atoms with van der Waals surface area (Å²) >= 11 is 0. The number of hydrogen-bond donors (Lipinski definition) is 1. The molecule has 2 rings (SSSR count). The van der Waals surface area contributed by atoms with Crippen LogP contribution in [0.5, 0.6) is 11.5 Å². The SMILES string of the molecule is CCCOc1ccc(C=O)c(OCC(=O)Nc2ccc(C#N)cc2)c1. The fourth-order valence-corrected chi connectivity index (χ4v) is 2.02. The van der Waals surface area contributed by atoms with Crippen LogP contribution < -0.4 is 14.8 Å². The maximum absolute atomic E-state index is 12.0. The standard InChI is InChI=1S/C19H18N2O4/c1-2-9-24-17-8-5-15(12-22)18(10-17)25-13-19(23)21-16-6-3-14(11-20)4-7-16/h3-8,10,12H,2,9,13H2,1H3,(H,21,23). The average molecular weight is 338 g/mol. The van der Waals surface area contributed by atoms with Crippen molar-refractivity contribution in [3.63, 3.8) is 0 Å². The third kappa shape index (κ3) is 5.36. The first kappa shape index (κ1) is 18.0. The summed E-state index contributed by atoms with van der Waals surface area (Å²) in [7, 11) is 0. The fraction of sp³-hybridized carbons (Fsp3) is 0.211. The van der Waals surface area contributed by atoms with Gasteiger partial charge in [-0.15, -0.1) is 0 Å². The minimum Gasteiger partial charge on any atom is -0.493 e. The Morgan fingerprint density at radius 2 is 1.96 bits per heavy atom. The van der Waals surface area contributed by atoms with Crippen LogP contribution in [0.1, 0.15) is 29.3 Å². The lowest BCUT2D eigenvalue weighted by Gasteiger charge is -2.11. The van der Waals surface area contributed by atoms with Gasteiger partial charge in [0.1, 0.15) is 11.5 Å². The van der Waals surface area contributed by atoms with Crippen molar-refractivity contribution in [3.05, 3.63) is 53.6 Å². The Labute approximate surface area is 146 Å². The van der Waals surface area contributed by atoms with Gasteiger partial charge in [-0.2, -0.15) is 5.26 Å². The highest BCUT2D eigenvalue weighted by Crippen LogP contribution is 2.24. The normalized spacial score (nSPS) is 9.76. The lowest BCUT2D eigenvalue weighted by Crippen LogP contribution is -2.20. The molecule has 0 spiro atoms. The molecular formula is C19H18N2O4. The van der Waals surface area contributed by atoms with E-state index in [0.29, 0.717) is 41.2 Å². The molecule has 0 radical (unpaired) electrons. The Balaban J connectivity index is 1.97. The van der Waals surface area contributed by atoms with Gasteiger partial charge in [0.2, 0.25) is 0 Å². The van der Waals surface area contributed by atoms with Crippen LogP contribution in [0.3, 0.4) is 0 Å². The van der Waals surface area contributed by atoms with Crippen molar-refractivity contribution < 1.29 is 19.1 Å². The van der Waals surface area contributed by atoms with Crippen LogP contribution in [0, 0.1) is 11.3 Å². The summed E-state index contributed by atoms with van der Waals surface area (Å²) in [5.74, 6) is 0.495. The number of rotatable bonds is 8. The van der Waals surface area contributed by atoms with Crippen LogP contribution in [0.2, 0.25) is 0 Å². The number of hydrogen-bond acceptors (Lipinski definition) is 5. The monoisotopic (exact) mass is 338 g/mol. The number of nitrogens with zero attached hydrogens (tertiary/aromatic N) is 1. The maximum atomic E-state index is 12.0. The van der Waals surface area contributed by atoms with Crippen molar-refractivity contribution in [1.29, 1.82) is 5.26 Å². The molecule has 6 nitrogen and oxygen atoms in total. The number of anilines is 1. The lowest BCUT2D eigenvalue weighted by molar-refractivity contribution is -0.118. The topological polar surface area (TPSA) is 88.4 Å². The van der Waals surface area contributed by atoms with E-state index in [1.165, 1.54) is 0 Å². The molecule has 0 heterocycles. The summed E-state index contributed by atoms with van der Waals surface area (Å²) in [6.45, 7) is 2.29. The van der Waals surface area contributed by atoms with Gasteiger partial charge in [-0.25, -0.2) is 0 Å². The van der Waals surface area contributed by atoms with Gasteiger partial charge in [-0.1, -0.05) is 6.92 Å². The Hall–Kier alpha value is -3.33. The first-order valence-electron chi connectivity index (χ1n) is 7.81. The summed E-state index contributed by atoms with van der Waals surface area (Å²) in [6.07, 6.45) is 1.52. The van der Waals surface area contributed by atoms with E-state index in [0.717, 1.165) is 6.42 Å². The van der Waals surface area contributed by atoms with Crippen LogP contribution in [-0.2, 0) is 4.79 Å². The molecule has 0 aliphatic carbocycles. The number of nitrogens with one attached hydrogen (secondary N) is 1. The van der Waals surface area contributed by atoms with E-state index in [4.69, 9.17) is 14.7 Å². The fourth-order valence-electron chi connectivity index (χ4n) is 2.02. The van der Waals surface area contributed by atoms with Gasteiger partial charge in [0.05, 0.1) is 23.8 Å². The molecule has 0 fully saturated rings. The molecule has 1 N–H and O–H groups in total. The molecule has 25 heavy (non-hydrogen) atoms. The predicted molar refractivity (Wildman–Crippen MR) is 92.9 cm³/mol. The van der Waals surface area contributed by atoms with Crippen molar-refractivity contribution in [2.24, 2.45) is 0 Å². The lowest BCUT2D eigenvalue weighted by atomic mass is 10.2. The van der Waals surface area contributed by atoms with Crippen molar-refractivity contribution in [2.45, 2.75) is 13.3 Å². The number of carbonyl (C=O) groups excluding carboxylic acids is 2. The van der Waals surface area contributed by atoms with Gasteiger partial charge in [0.15, 0.2) is 12.9 Å². The van der Waals surface area contributed by atoms with Crippen LogP contribution in [0.25, 0.3) is 0 Å². The molecule has 0 aliphatic heterocycles. The summed E-state index contributed by atoms with van der Waals surface area (Å²) in [6, 6.07) is 13.3. The van der Waals surface area contributed by atoms with Crippen molar-refractivity contribution in [3.8, 4) is 17.6 Å². The van der Waals surface area contributed by atoms with Crippen LogP contribution in [0.15, 0.2) is 42.5 Å². The number of amides is 1. The number of nitriles is 1. The zero-order valence-electron chi connectivity index (χ0n) is 13.8. The van der Waals surface area contributed by atoms with Crippen molar-refractivity contribution in [2.75, 3.05) is 18.5 Å². The summed E-state index contributed by atoms with van der Waals surface area (Å²) in [5.41, 5.74) is 1.41. The molecule has 6 heteroatoms. The number of ether oxygens (including phenoxy) is 2. The minimum atomic E-state index is -0.374. The Morgan fingerprint density at radius 3 is 2.60 bits per heavy atom. The van der Waals surface area contributed by atoms with Gasteiger partial charge in [0, 0.05) is 11.8 Å². The molecule has 0 aromatic heterocycles. The van der Waals surface area contributed by atoms with E-state index in [1.807, 2.05) is 13.0 Å². The highest BCUT2D eigenvalue weighted by molar-refractivity contribution is 5.92. The van der Waals surface area contributed by atoms with E-state index in [9.17, 15) is 9.59 Å². The van der Waals surface area contributed by atoms with Crippen molar-refractivity contribution in [1.82, 2.24) is 0 Å². The third-order valence-corrected chi connectivity index (χ3v) is 3.24. The minimum absolute atomic E-state index is 0.252. The second-order valence-electron chi connectivity index (χ2n) is 5.19. The first-order valence-corrected chi connectivity index (χ1v) is 7.81. The number of carbonyl (C=O) groups is 2. The van der Waals surface area contributed by atoms with E-state index in [2.05, 4.69) is 5.32 Å². The molecule has 0 atom stereocenters. The Morgan fingerprint density at radius 1 is 1.20 bits per heavy atom. The molecule has 0 saturated carbocycles. The maximum Gasteiger partial charge on any atom is 0.262 e. The number of aldehydes is 1. The summed E-state index contributed by atoms with van der Waals surface area (Å²) in [4.78, 5) is 23.1. The average Bonchev–Trinajstić information content (AvgIpc) is 2.65. The van der Waals surface area contributed by atoms with E-state index < -0.39 is 0 Å². The quantitative estimate of drug-likeness (QED) is 0.747. The summed E-state index contributed by atoms with van der Waals surface area (Å²) in [5, 5.41) is 11.4. The van der Waals surface area contributed by atoms with Crippen molar-refractivity contribution >= 4 is 17.9 Å². The van der Waals surface area contributed by atoms with Gasteiger partial charge < -0.3 is 14.8 Å². The highest BCUT2D eigenvalue weighted by atomic mass is 16.5. The first-order chi connectivity index (χ1) is 12.2. The van der Waals surface area contributed by atoms with Gasteiger partial charge in [-0.05, 0) is 42.8 Å². The smallest absolute Gasteiger partial charge is 0.262 e. The number of benzene rings is 2. The second kappa shape index (κ2) is 9.08. The van der Waals surface area contributed by atoms with Gasteiger partial charge >= 0.3 is 0 Å². The third-order valence-electron chi connectivity index (χ3n) is 3.24. The molecule has 128 valence electrons. The molecule has 0 unspecified atom stereocenters. The zero-order valence-corrected chi connectivity index (χ0v) is 13.8. The Bertz CT molecular complexity index is 779. The van der Waals surface area contributed by atoms with E-state index in [-0.39, 0.29) is 12.5 Å². The predicted octanol–water partition coefficient (Wildman–Crippen LogP) is 3.18. The van der Waals surface area contributed by atoms with Crippen LogP contribution in [-0.4, -0.2) is 25.4 Å². The molecule has 0 saturated heterocycles. The van der Waals surface area contributed by atoms with E-state index in [1.54, 1.807) is 42.5 Å². The molecule has 2 aromatic carbocycles. The highest BCUT2D eigenvalue weighted by Gasteiger charge is 2.09. The molecular weight excluding hydrogens is 320 g/mol. The second-order valence-corrected chi connectivity index (χ2v) is 5.19. The Kier molecular flexibility index (Phi) is 6.55. The van der Waals surface area contributed by atoms with Crippen LogP contribution >= 0.6 is 0 Å². The largest absolute Gasteiger partial charge is 0.493 e. The molecule has 2 aromatic rings. The molecule has 1 amide bonds. The molecule has 0 bridgehead atoms. The van der Waals surface area contributed by atoms with Gasteiger partial charge in [0.25, 0.3) is 5.91 Å².